The lowest BCUT2D eigenvalue weighted by Crippen LogP contribution is -2.48. The highest BCUT2D eigenvalue weighted by atomic mass is 16.7. The fraction of sp³-hybridized carbons (Fsp3) is 0.938. The SMILES string of the molecule is C[C@@H]1OC(OC2CNCC2OCCCCCC(=O)O)C(O)C2OC21. The molecule has 3 saturated heterocycles. The van der Waals surface area contributed by atoms with Gasteiger partial charge in [0.05, 0.1) is 12.2 Å². The van der Waals surface area contributed by atoms with Gasteiger partial charge in [-0.1, -0.05) is 6.42 Å². The van der Waals surface area contributed by atoms with E-state index in [1.807, 2.05) is 6.92 Å². The molecule has 7 atom stereocenters. The lowest BCUT2D eigenvalue weighted by Gasteiger charge is -2.32. The number of nitrogens with one attached hydrogen (secondary N) is 1. The number of epoxide rings is 1. The first-order valence-electron chi connectivity index (χ1n) is 8.75. The van der Waals surface area contributed by atoms with Crippen molar-refractivity contribution in [1.29, 1.82) is 0 Å². The first kappa shape index (κ1) is 18.0. The first-order valence-corrected chi connectivity index (χ1v) is 8.75. The molecular formula is C16H27NO7. The molecule has 3 aliphatic heterocycles. The summed E-state index contributed by atoms with van der Waals surface area (Å²) in [7, 11) is 0. The van der Waals surface area contributed by atoms with Gasteiger partial charge in [-0.25, -0.2) is 0 Å². The van der Waals surface area contributed by atoms with E-state index in [1.165, 1.54) is 0 Å². The molecule has 0 aromatic heterocycles. The normalized spacial score (nSPS) is 41.2. The maximum atomic E-state index is 10.5. The summed E-state index contributed by atoms with van der Waals surface area (Å²) in [5, 5.41) is 22.0. The maximum Gasteiger partial charge on any atom is 0.303 e. The molecule has 0 radical (unpaired) electrons. The molecule has 3 heterocycles. The Morgan fingerprint density at radius 3 is 2.75 bits per heavy atom. The van der Waals surface area contributed by atoms with E-state index in [1.54, 1.807) is 0 Å². The van der Waals surface area contributed by atoms with Gasteiger partial charge in [0.1, 0.15) is 24.4 Å². The van der Waals surface area contributed by atoms with E-state index in [-0.39, 0.29) is 36.9 Å². The van der Waals surface area contributed by atoms with Crippen molar-refractivity contribution in [2.24, 2.45) is 0 Å². The van der Waals surface area contributed by atoms with E-state index >= 15 is 0 Å². The third-order valence-electron chi connectivity index (χ3n) is 4.77. The Kier molecular flexibility index (Phi) is 6.07. The number of ether oxygens (including phenoxy) is 4. The Labute approximate surface area is 141 Å². The van der Waals surface area contributed by atoms with E-state index in [0.29, 0.717) is 26.1 Å². The van der Waals surface area contributed by atoms with Crippen LogP contribution in [-0.4, -0.2) is 78.8 Å². The number of hydrogen-bond donors (Lipinski definition) is 3. The van der Waals surface area contributed by atoms with E-state index in [2.05, 4.69) is 5.32 Å². The molecule has 0 saturated carbocycles. The monoisotopic (exact) mass is 345 g/mol. The summed E-state index contributed by atoms with van der Waals surface area (Å²) in [4.78, 5) is 10.5. The Morgan fingerprint density at radius 1 is 1.17 bits per heavy atom. The molecule has 3 rings (SSSR count). The fourth-order valence-corrected chi connectivity index (χ4v) is 3.32. The van der Waals surface area contributed by atoms with Gasteiger partial charge < -0.3 is 34.5 Å². The first-order chi connectivity index (χ1) is 11.6. The molecule has 8 nitrogen and oxygen atoms in total. The zero-order chi connectivity index (χ0) is 17.1. The highest BCUT2D eigenvalue weighted by Gasteiger charge is 2.56. The highest BCUT2D eigenvalue weighted by Crippen LogP contribution is 2.38. The summed E-state index contributed by atoms with van der Waals surface area (Å²) in [5.41, 5.74) is 0. The Morgan fingerprint density at radius 2 is 1.96 bits per heavy atom. The summed E-state index contributed by atoms with van der Waals surface area (Å²) in [5.74, 6) is -0.758. The third-order valence-corrected chi connectivity index (χ3v) is 4.77. The second kappa shape index (κ2) is 8.07. The molecule has 24 heavy (non-hydrogen) atoms. The number of carboxylic acids is 1. The summed E-state index contributed by atoms with van der Waals surface area (Å²) < 4.78 is 22.9. The molecule has 3 aliphatic rings. The van der Waals surface area contributed by atoms with Crippen LogP contribution in [0.3, 0.4) is 0 Å². The maximum absolute atomic E-state index is 10.5. The number of carboxylic acid groups (broad SMARTS) is 1. The van der Waals surface area contributed by atoms with Gasteiger partial charge in [0.2, 0.25) is 0 Å². The summed E-state index contributed by atoms with van der Waals surface area (Å²) in [6, 6.07) is 0. The molecule has 0 aromatic carbocycles. The van der Waals surface area contributed by atoms with Gasteiger partial charge in [-0.2, -0.15) is 0 Å². The Balaban J connectivity index is 1.37. The largest absolute Gasteiger partial charge is 0.481 e. The Hall–Kier alpha value is -0.770. The molecule has 0 spiro atoms. The van der Waals surface area contributed by atoms with Crippen molar-refractivity contribution >= 4 is 5.97 Å². The number of aliphatic hydroxyl groups is 1. The van der Waals surface area contributed by atoms with Crippen LogP contribution in [0.2, 0.25) is 0 Å². The average Bonchev–Trinajstić information content (AvgIpc) is 3.24. The lowest BCUT2D eigenvalue weighted by molar-refractivity contribution is -0.252. The van der Waals surface area contributed by atoms with Gasteiger partial charge >= 0.3 is 5.97 Å². The van der Waals surface area contributed by atoms with Gasteiger partial charge in [-0.05, 0) is 19.8 Å². The van der Waals surface area contributed by atoms with Crippen LogP contribution >= 0.6 is 0 Å². The van der Waals surface area contributed by atoms with Crippen molar-refractivity contribution in [2.75, 3.05) is 19.7 Å². The number of aliphatic carboxylic acids is 1. The molecular weight excluding hydrogens is 318 g/mol. The van der Waals surface area contributed by atoms with Gasteiger partial charge in [-0.3, -0.25) is 4.79 Å². The number of fused-ring (bicyclic) bond motifs is 1. The standard InChI is InChI=1S/C16H27NO7/c1-9-14-15(24-14)13(20)16(22-9)23-11-8-17-7-10(11)21-6-4-2-3-5-12(18)19/h9-11,13-17,20H,2-8H2,1H3,(H,18,19)/t9-,10?,11?,13?,14?,15?,16?/m0/s1. The zero-order valence-corrected chi connectivity index (χ0v) is 13.9. The van der Waals surface area contributed by atoms with E-state index in [9.17, 15) is 9.90 Å². The lowest BCUT2D eigenvalue weighted by atomic mass is 10.1. The third kappa shape index (κ3) is 4.44. The topological polar surface area (TPSA) is 110 Å². The van der Waals surface area contributed by atoms with Gasteiger partial charge in [0.25, 0.3) is 0 Å². The van der Waals surface area contributed by atoms with Crippen LogP contribution in [0.4, 0.5) is 0 Å². The summed E-state index contributed by atoms with van der Waals surface area (Å²) in [6.07, 6.45) is 0.555. The molecule has 8 heteroatoms. The highest BCUT2D eigenvalue weighted by molar-refractivity contribution is 5.66. The number of carbonyl (C=O) groups is 1. The molecule has 0 aliphatic carbocycles. The van der Waals surface area contributed by atoms with E-state index in [0.717, 1.165) is 12.8 Å². The van der Waals surface area contributed by atoms with Crippen LogP contribution in [0.15, 0.2) is 0 Å². The number of unbranched alkanes of at least 4 members (excludes halogenated alkanes) is 2. The molecule has 3 fully saturated rings. The minimum Gasteiger partial charge on any atom is -0.481 e. The number of aliphatic hydroxyl groups excluding tert-OH is 1. The van der Waals surface area contributed by atoms with Crippen LogP contribution < -0.4 is 5.32 Å². The van der Waals surface area contributed by atoms with Crippen molar-refractivity contribution in [1.82, 2.24) is 5.32 Å². The van der Waals surface area contributed by atoms with Crippen molar-refractivity contribution in [2.45, 2.75) is 75.5 Å². The minimum absolute atomic E-state index is 0.0144. The fourth-order valence-electron chi connectivity index (χ4n) is 3.32. The zero-order valence-electron chi connectivity index (χ0n) is 13.9. The van der Waals surface area contributed by atoms with Crippen LogP contribution in [0.5, 0.6) is 0 Å². The van der Waals surface area contributed by atoms with Crippen molar-refractivity contribution in [3.05, 3.63) is 0 Å². The van der Waals surface area contributed by atoms with Crippen molar-refractivity contribution < 1.29 is 34.0 Å². The summed E-state index contributed by atoms with van der Waals surface area (Å²) >= 11 is 0. The van der Waals surface area contributed by atoms with E-state index < -0.39 is 18.4 Å². The number of hydrogen-bond acceptors (Lipinski definition) is 7. The molecule has 6 unspecified atom stereocenters. The molecule has 0 aromatic rings. The molecule has 0 amide bonds. The van der Waals surface area contributed by atoms with Gasteiger partial charge in [0.15, 0.2) is 6.29 Å². The number of rotatable bonds is 9. The van der Waals surface area contributed by atoms with E-state index in [4.69, 9.17) is 24.1 Å². The second-order valence-electron chi connectivity index (χ2n) is 6.71. The predicted molar refractivity (Wildman–Crippen MR) is 82.6 cm³/mol. The Bertz CT molecular complexity index is 435. The quantitative estimate of drug-likeness (QED) is 0.392. The smallest absolute Gasteiger partial charge is 0.303 e. The second-order valence-corrected chi connectivity index (χ2v) is 6.71. The molecule has 0 bridgehead atoms. The van der Waals surface area contributed by atoms with Crippen molar-refractivity contribution in [3.63, 3.8) is 0 Å². The minimum atomic E-state index is -0.761. The average molecular weight is 345 g/mol. The van der Waals surface area contributed by atoms with Crippen molar-refractivity contribution in [3.8, 4) is 0 Å². The molecule has 3 N–H and O–H groups in total. The van der Waals surface area contributed by atoms with Crippen LogP contribution in [0, 0.1) is 0 Å². The molecule has 138 valence electrons. The predicted octanol–water partition coefficient (Wildman–Crippen LogP) is -0.122. The van der Waals surface area contributed by atoms with Gasteiger partial charge in [-0.15, -0.1) is 0 Å². The van der Waals surface area contributed by atoms with Crippen LogP contribution in [-0.2, 0) is 23.7 Å². The summed E-state index contributed by atoms with van der Waals surface area (Å²) in [6.45, 7) is 3.84. The van der Waals surface area contributed by atoms with Crippen LogP contribution in [0.25, 0.3) is 0 Å². The van der Waals surface area contributed by atoms with Gasteiger partial charge in [0, 0.05) is 26.1 Å². The van der Waals surface area contributed by atoms with Crippen LogP contribution in [0.1, 0.15) is 32.6 Å².